The summed E-state index contributed by atoms with van der Waals surface area (Å²) in [5.74, 6) is 1.56. The fraction of sp³-hybridized carbons (Fsp3) is 0.0714. The van der Waals surface area contributed by atoms with E-state index in [-0.39, 0.29) is 0 Å². The quantitative estimate of drug-likeness (QED) is 0.783. The van der Waals surface area contributed by atoms with Crippen LogP contribution in [-0.2, 0) is 0 Å². The van der Waals surface area contributed by atoms with Crippen molar-refractivity contribution in [1.82, 2.24) is 5.16 Å². The predicted molar refractivity (Wildman–Crippen MR) is 81.2 cm³/mol. The highest BCUT2D eigenvalue weighted by molar-refractivity contribution is 7.13. The maximum Gasteiger partial charge on any atom is 0.181 e. The van der Waals surface area contributed by atoms with Crippen LogP contribution in [0.2, 0.25) is 5.02 Å². The molecule has 0 fully saturated rings. The number of nitrogen functional groups attached to an aromatic ring is 1. The highest BCUT2D eigenvalue weighted by Gasteiger charge is 2.21. The van der Waals surface area contributed by atoms with Gasteiger partial charge in [0.1, 0.15) is 5.75 Å². The number of methoxy groups -OCH3 is 1. The van der Waals surface area contributed by atoms with Gasteiger partial charge in [0, 0.05) is 9.90 Å². The minimum Gasteiger partial charge on any atom is -0.496 e. The van der Waals surface area contributed by atoms with E-state index in [1.165, 1.54) is 0 Å². The number of thiophene rings is 1. The summed E-state index contributed by atoms with van der Waals surface area (Å²) in [4.78, 5) is 0.996. The number of ether oxygens (including phenoxy) is 1. The van der Waals surface area contributed by atoms with Gasteiger partial charge in [-0.1, -0.05) is 22.8 Å². The molecular formula is C14H11ClN2O2S. The van der Waals surface area contributed by atoms with Crippen molar-refractivity contribution in [3.8, 4) is 27.5 Å². The molecule has 0 aliphatic heterocycles. The van der Waals surface area contributed by atoms with Gasteiger partial charge in [-0.3, -0.25) is 0 Å². The third kappa shape index (κ3) is 2.15. The average Bonchev–Trinajstić information content (AvgIpc) is 3.07. The molecule has 0 aliphatic carbocycles. The molecule has 0 aliphatic rings. The van der Waals surface area contributed by atoms with Gasteiger partial charge in [0.2, 0.25) is 0 Å². The molecule has 2 heterocycles. The Balaban J connectivity index is 2.22. The first-order valence-electron chi connectivity index (χ1n) is 5.83. The van der Waals surface area contributed by atoms with Crippen LogP contribution in [0.15, 0.2) is 40.2 Å². The van der Waals surface area contributed by atoms with Crippen LogP contribution in [0.1, 0.15) is 0 Å². The van der Waals surface area contributed by atoms with Gasteiger partial charge in [0.25, 0.3) is 0 Å². The number of benzene rings is 1. The molecule has 1 aromatic carbocycles. The number of hydrogen-bond acceptors (Lipinski definition) is 5. The Hall–Kier alpha value is -1.98. The molecule has 2 aromatic heterocycles. The molecule has 0 amide bonds. The Kier molecular flexibility index (Phi) is 3.38. The van der Waals surface area contributed by atoms with E-state index in [9.17, 15) is 0 Å². The van der Waals surface area contributed by atoms with E-state index in [4.69, 9.17) is 26.6 Å². The van der Waals surface area contributed by atoms with Gasteiger partial charge in [-0.05, 0) is 29.6 Å². The van der Waals surface area contributed by atoms with Gasteiger partial charge in [-0.2, -0.15) is 0 Å². The second-order valence-electron chi connectivity index (χ2n) is 4.09. The van der Waals surface area contributed by atoms with Crippen molar-refractivity contribution in [2.75, 3.05) is 12.8 Å². The summed E-state index contributed by atoms with van der Waals surface area (Å²) in [5.41, 5.74) is 7.47. The van der Waals surface area contributed by atoms with Gasteiger partial charge in [0.05, 0.1) is 18.2 Å². The van der Waals surface area contributed by atoms with E-state index in [0.717, 1.165) is 16.0 Å². The first kappa shape index (κ1) is 13.0. The van der Waals surface area contributed by atoms with Gasteiger partial charge >= 0.3 is 0 Å². The van der Waals surface area contributed by atoms with E-state index >= 15 is 0 Å². The maximum absolute atomic E-state index is 5.98. The predicted octanol–water partition coefficient (Wildman–Crippen LogP) is 4.31. The second kappa shape index (κ2) is 5.19. The number of anilines is 1. The van der Waals surface area contributed by atoms with Crippen molar-refractivity contribution in [3.05, 3.63) is 40.7 Å². The highest BCUT2D eigenvalue weighted by Crippen LogP contribution is 2.42. The van der Waals surface area contributed by atoms with E-state index in [0.29, 0.717) is 22.4 Å². The molecule has 0 saturated carbocycles. The Morgan fingerprint density at radius 1 is 1.35 bits per heavy atom. The third-order valence-corrected chi connectivity index (χ3v) is 4.02. The minimum absolute atomic E-state index is 0.361. The lowest BCUT2D eigenvalue weighted by Crippen LogP contribution is -1.90. The molecule has 20 heavy (non-hydrogen) atoms. The van der Waals surface area contributed by atoms with Crippen LogP contribution in [0, 0.1) is 0 Å². The number of halogens is 1. The molecule has 0 spiro atoms. The van der Waals surface area contributed by atoms with Crippen LogP contribution < -0.4 is 10.5 Å². The average molecular weight is 307 g/mol. The van der Waals surface area contributed by atoms with Gasteiger partial charge in [-0.25, -0.2) is 0 Å². The Bertz CT molecular complexity index is 738. The van der Waals surface area contributed by atoms with Crippen LogP contribution >= 0.6 is 22.9 Å². The fourth-order valence-electron chi connectivity index (χ4n) is 2.00. The fourth-order valence-corrected chi connectivity index (χ4v) is 2.94. The molecule has 3 rings (SSSR count). The van der Waals surface area contributed by atoms with Gasteiger partial charge in [0.15, 0.2) is 11.6 Å². The second-order valence-corrected chi connectivity index (χ2v) is 5.48. The molecule has 0 unspecified atom stereocenters. The summed E-state index contributed by atoms with van der Waals surface area (Å²) in [6.45, 7) is 0. The van der Waals surface area contributed by atoms with Crippen molar-refractivity contribution in [2.24, 2.45) is 0 Å². The summed E-state index contributed by atoms with van der Waals surface area (Å²) in [7, 11) is 1.58. The molecule has 3 aromatic rings. The number of hydrogen-bond donors (Lipinski definition) is 1. The first-order chi connectivity index (χ1) is 9.70. The number of nitrogens with two attached hydrogens (primary N) is 1. The lowest BCUT2D eigenvalue weighted by atomic mass is 10.1. The van der Waals surface area contributed by atoms with Crippen molar-refractivity contribution in [3.63, 3.8) is 0 Å². The van der Waals surface area contributed by atoms with Crippen molar-refractivity contribution < 1.29 is 9.26 Å². The lowest BCUT2D eigenvalue weighted by Gasteiger charge is -2.07. The molecule has 4 nitrogen and oxygen atoms in total. The van der Waals surface area contributed by atoms with E-state index in [1.54, 1.807) is 30.6 Å². The molecular weight excluding hydrogens is 296 g/mol. The van der Waals surface area contributed by atoms with Crippen molar-refractivity contribution >= 4 is 28.8 Å². The van der Waals surface area contributed by atoms with E-state index < -0.39 is 0 Å². The normalized spacial score (nSPS) is 10.7. The Morgan fingerprint density at radius 3 is 2.90 bits per heavy atom. The largest absolute Gasteiger partial charge is 0.496 e. The SMILES string of the molecule is COc1cc(Cl)ccc1-c1onc(N)c1-c1cccs1. The van der Waals surface area contributed by atoms with Crippen LogP contribution in [-0.4, -0.2) is 12.3 Å². The third-order valence-electron chi connectivity index (χ3n) is 2.89. The van der Waals surface area contributed by atoms with E-state index in [2.05, 4.69) is 5.16 Å². The molecule has 0 atom stereocenters. The Labute approximate surface area is 124 Å². The summed E-state index contributed by atoms with van der Waals surface area (Å²) >= 11 is 7.55. The Morgan fingerprint density at radius 2 is 2.20 bits per heavy atom. The van der Waals surface area contributed by atoms with Gasteiger partial charge < -0.3 is 15.0 Å². The summed E-state index contributed by atoms with van der Waals surface area (Å²) in [6, 6.07) is 9.26. The molecule has 2 N–H and O–H groups in total. The monoisotopic (exact) mass is 306 g/mol. The summed E-state index contributed by atoms with van der Waals surface area (Å²) < 4.78 is 10.7. The van der Waals surface area contributed by atoms with Crippen LogP contribution in [0.25, 0.3) is 21.8 Å². The zero-order valence-electron chi connectivity index (χ0n) is 10.6. The number of rotatable bonds is 3. The zero-order chi connectivity index (χ0) is 14.1. The van der Waals surface area contributed by atoms with Crippen molar-refractivity contribution in [2.45, 2.75) is 0 Å². The zero-order valence-corrected chi connectivity index (χ0v) is 12.2. The number of aromatic nitrogens is 1. The topological polar surface area (TPSA) is 61.3 Å². The molecule has 0 bridgehead atoms. The van der Waals surface area contributed by atoms with Crippen molar-refractivity contribution in [1.29, 1.82) is 0 Å². The molecule has 0 radical (unpaired) electrons. The summed E-state index contributed by atoms with van der Waals surface area (Å²) in [6.07, 6.45) is 0. The molecule has 6 heteroatoms. The standard InChI is InChI=1S/C14H11ClN2O2S/c1-18-10-7-8(15)4-5-9(10)13-12(14(16)17-19-13)11-3-2-6-20-11/h2-7H,1H3,(H2,16,17). The maximum atomic E-state index is 5.98. The van der Waals surface area contributed by atoms with Crippen LogP contribution in [0.4, 0.5) is 5.82 Å². The van der Waals surface area contributed by atoms with E-state index in [1.807, 2.05) is 23.6 Å². The number of nitrogens with zero attached hydrogens (tertiary/aromatic N) is 1. The summed E-state index contributed by atoms with van der Waals surface area (Å²) in [5, 5.41) is 6.44. The molecule has 0 saturated heterocycles. The first-order valence-corrected chi connectivity index (χ1v) is 7.09. The smallest absolute Gasteiger partial charge is 0.181 e. The highest BCUT2D eigenvalue weighted by atomic mass is 35.5. The minimum atomic E-state index is 0.361. The van der Waals surface area contributed by atoms with Gasteiger partial charge in [-0.15, -0.1) is 11.3 Å². The van der Waals surface area contributed by atoms with Crippen LogP contribution in [0.3, 0.4) is 0 Å². The van der Waals surface area contributed by atoms with Crippen LogP contribution in [0.5, 0.6) is 5.75 Å². The molecule has 102 valence electrons. The lowest BCUT2D eigenvalue weighted by molar-refractivity contribution is 0.407.